The van der Waals surface area contributed by atoms with Crippen molar-refractivity contribution >= 4 is 0 Å². The summed E-state index contributed by atoms with van der Waals surface area (Å²) < 4.78 is 10.7. The normalized spacial score (nSPS) is 19.5. The van der Waals surface area contributed by atoms with Gasteiger partial charge in [-0.15, -0.1) is 0 Å². The summed E-state index contributed by atoms with van der Waals surface area (Å²) in [6.45, 7) is 3.18. The lowest BCUT2D eigenvalue weighted by molar-refractivity contribution is 0.0156. The molecule has 0 amide bonds. The Hall–Kier alpha value is -1.04. The second-order valence-electron chi connectivity index (χ2n) is 4.83. The molecule has 0 aromatic carbocycles. The monoisotopic (exact) mass is 265 g/mol. The molecule has 1 aliphatic heterocycles. The zero-order valence-corrected chi connectivity index (χ0v) is 11.6. The Bertz CT molecular complexity index is 367. The predicted octanol–water partition coefficient (Wildman–Crippen LogP) is 1.32. The molecule has 0 radical (unpaired) electrons. The van der Waals surface area contributed by atoms with Gasteiger partial charge in [0.05, 0.1) is 18.4 Å². The summed E-state index contributed by atoms with van der Waals surface area (Å²) in [6.07, 6.45) is 6.51. The molecule has 106 valence electrons. The molecule has 1 aliphatic rings. The smallest absolute Gasteiger partial charge is 0.131 e. The number of rotatable bonds is 7. The molecule has 0 spiro atoms. The summed E-state index contributed by atoms with van der Waals surface area (Å²) in [7, 11) is 1.70. The van der Waals surface area contributed by atoms with Gasteiger partial charge in [0.1, 0.15) is 5.82 Å². The van der Waals surface area contributed by atoms with Crippen molar-refractivity contribution in [3.8, 4) is 0 Å². The van der Waals surface area contributed by atoms with E-state index in [1.54, 1.807) is 7.11 Å². The van der Waals surface area contributed by atoms with E-state index in [1.807, 2.05) is 12.3 Å². The van der Waals surface area contributed by atoms with Crippen LogP contribution >= 0.6 is 0 Å². The van der Waals surface area contributed by atoms with E-state index in [9.17, 15) is 0 Å². The number of hydrogen-bond acceptors (Lipinski definition) is 5. The van der Waals surface area contributed by atoms with Crippen LogP contribution in [0.5, 0.6) is 0 Å². The minimum absolute atomic E-state index is 0.297. The fraction of sp³-hybridized carbons (Fsp3) is 0.714. The predicted molar refractivity (Wildman–Crippen MR) is 72.9 cm³/mol. The van der Waals surface area contributed by atoms with Crippen LogP contribution < -0.4 is 5.32 Å². The standard InChI is InChI=1S/C14H23N3O2/c1-18-9-7-15-11-12-5-6-16-14(17-12)10-13-4-2-3-8-19-13/h5-6,13,15H,2-4,7-11H2,1H3. The summed E-state index contributed by atoms with van der Waals surface area (Å²) in [5.74, 6) is 0.887. The Kier molecular flexibility index (Phi) is 6.20. The molecular formula is C14H23N3O2. The fourth-order valence-electron chi connectivity index (χ4n) is 2.20. The molecular weight excluding hydrogens is 242 g/mol. The van der Waals surface area contributed by atoms with Crippen LogP contribution in [0, 0.1) is 0 Å². The number of nitrogens with zero attached hydrogens (tertiary/aromatic N) is 2. The van der Waals surface area contributed by atoms with Crippen LogP contribution in [0.25, 0.3) is 0 Å². The maximum absolute atomic E-state index is 5.72. The largest absolute Gasteiger partial charge is 0.383 e. The quantitative estimate of drug-likeness (QED) is 0.754. The van der Waals surface area contributed by atoms with Crippen molar-refractivity contribution < 1.29 is 9.47 Å². The second kappa shape index (κ2) is 8.19. The van der Waals surface area contributed by atoms with Crippen LogP contribution in [0.1, 0.15) is 30.8 Å². The second-order valence-corrected chi connectivity index (χ2v) is 4.83. The molecule has 0 aliphatic carbocycles. The van der Waals surface area contributed by atoms with Gasteiger partial charge in [-0.05, 0) is 25.3 Å². The maximum atomic E-state index is 5.72. The van der Waals surface area contributed by atoms with Gasteiger partial charge in [-0.3, -0.25) is 0 Å². The summed E-state index contributed by atoms with van der Waals surface area (Å²) in [4.78, 5) is 8.90. The average Bonchev–Trinajstić information content (AvgIpc) is 2.45. The molecule has 19 heavy (non-hydrogen) atoms. The van der Waals surface area contributed by atoms with Crippen LogP contribution in [0.4, 0.5) is 0 Å². The van der Waals surface area contributed by atoms with Gasteiger partial charge in [0.15, 0.2) is 0 Å². The number of aromatic nitrogens is 2. The highest BCUT2D eigenvalue weighted by Crippen LogP contribution is 2.15. The molecule has 1 saturated heterocycles. The van der Waals surface area contributed by atoms with Crippen LogP contribution in [0.3, 0.4) is 0 Å². The van der Waals surface area contributed by atoms with E-state index in [2.05, 4.69) is 15.3 Å². The maximum Gasteiger partial charge on any atom is 0.131 e. The third-order valence-corrected chi connectivity index (χ3v) is 3.24. The van der Waals surface area contributed by atoms with Gasteiger partial charge in [0.2, 0.25) is 0 Å². The first-order valence-corrected chi connectivity index (χ1v) is 7.00. The van der Waals surface area contributed by atoms with Gasteiger partial charge in [-0.25, -0.2) is 9.97 Å². The fourth-order valence-corrected chi connectivity index (χ4v) is 2.20. The molecule has 1 unspecified atom stereocenters. The van der Waals surface area contributed by atoms with Crippen LogP contribution in [-0.4, -0.2) is 42.9 Å². The van der Waals surface area contributed by atoms with Crippen molar-refractivity contribution in [3.05, 3.63) is 23.8 Å². The number of ether oxygens (including phenoxy) is 2. The van der Waals surface area contributed by atoms with Crippen molar-refractivity contribution in [3.63, 3.8) is 0 Å². The minimum atomic E-state index is 0.297. The Labute approximate surface area is 114 Å². The van der Waals surface area contributed by atoms with Crippen molar-refractivity contribution in [2.75, 3.05) is 26.9 Å². The van der Waals surface area contributed by atoms with Gasteiger partial charge < -0.3 is 14.8 Å². The van der Waals surface area contributed by atoms with E-state index in [0.717, 1.165) is 44.1 Å². The zero-order chi connectivity index (χ0) is 13.3. The van der Waals surface area contributed by atoms with E-state index in [-0.39, 0.29) is 0 Å². The van der Waals surface area contributed by atoms with Crippen molar-refractivity contribution in [2.24, 2.45) is 0 Å². The molecule has 0 bridgehead atoms. The first-order chi connectivity index (χ1) is 9.38. The van der Waals surface area contributed by atoms with Crippen LogP contribution in [0.2, 0.25) is 0 Å². The van der Waals surface area contributed by atoms with E-state index in [1.165, 1.54) is 12.8 Å². The summed E-state index contributed by atoms with van der Waals surface area (Å²) in [5, 5.41) is 3.29. The Morgan fingerprint density at radius 2 is 2.42 bits per heavy atom. The first kappa shape index (κ1) is 14.4. The molecule has 2 heterocycles. The Morgan fingerprint density at radius 3 is 3.21 bits per heavy atom. The van der Waals surface area contributed by atoms with E-state index < -0.39 is 0 Å². The molecule has 0 saturated carbocycles. The van der Waals surface area contributed by atoms with Gasteiger partial charge in [0, 0.05) is 39.4 Å². The van der Waals surface area contributed by atoms with Gasteiger partial charge in [-0.2, -0.15) is 0 Å². The third kappa shape index (κ3) is 5.22. The minimum Gasteiger partial charge on any atom is -0.383 e. The first-order valence-electron chi connectivity index (χ1n) is 7.00. The van der Waals surface area contributed by atoms with Gasteiger partial charge >= 0.3 is 0 Å². The number of hydrogen-bond donors (Lipinski definition) is 1. The van der Waals surface area contributed by atoms with E-state index in [4.69, 9.17) is 9.47 Å². The summed E-state index contributed by atoms with van der Waals surface area (Å²) in [6, 6.07) is 1.95. The zero-order valence-electron chi connectivity index (χ0n) is 11.6. The number of methoxy groups -OCH3 is 1. The van der Waals surface area contributed by atoms with E-state index in [0.29, 0.717) is 12.7 Å². The van der Waals surface area contributed by atoms with Crippen molar-refractivity contribution in [1.82, 2.24) is 15.3 Å². The lowest BCUT2D eigenvalue weighted by atomic mass is 10.1. The highest BCUT2D eigenvalue weighted by Gasteiger charge is 2.15. The lowest BCUT2D eigenvalue weighted by Gasteiger charge is -2.21. The molecule has 1 aromatic rings. The summed E-state index contributed by atoms with van der Waals surface area (Å²) >= 11 is 0. The van der Waals surface area contributed by atoms with Crippen LogP contribution in [0.15, 0.2) is 12.3 Å². The average molecular weight is 265 g/mol. The Morgan fingerprint density at radius 1 is 1.47 bits per heavy atom. The molecule has 2 rings (SSSR count). The SMILES string of the molecule is COCCNCc1ccnc(CC2CCCCO2)n1. The highest BCUT2D eigenvalue weighted by atomic mass is 16.5. The summed E-state index contributed by atoms with van der Waals surface area (Å²) in [5.41, 5.74) is 1.02. The molecule has 5 heteroatoms. The molecule has 1 atom stereocenters. The van der Waals surface area contributed by atoms with E-state index >= 15 is 0 Å². The molecule has 1 fully saturated rings. The van der Waals surface area contributed by atoms with Crippen molar-refractivity contribution in [1.29, 1.82) is 0 Å². The van der Waals surface area contributed by atoms with Gasteiger partial charge in [0.25, 0.3) is 0 Å². The van der Waals surface area contributed by atoms with Gasteiger partial charge in [-0.1, -0.05) is 0 Å². The van der Waals surface area contributed by atoms with Crippen molar-refractivity contribution in [2.45, 2.75) is 38.3 Å². The van der Waals surface area contributed by atoms with Crippen LogP contribution in [-0.2, 0) is 22.4 Å². The molecule has 1 N–H and O–H groups in total. The molecule has 1 aromatic heterocycles. The third-order valence-electron chi connectivity index (χ3n) is 3.24. The topological polar surface area (TPSA) is 56.3 Å². The molecule has 5 nitrogen and oxygen atoms in total. The highest BCUT2D eigenvalue weighted by molar-refractivity contribution is 5.03. The number of nitrogens with one attached hydrogen (secondary N) is 1. The lowest BCUT2D eigenvalue weighted by Crippen LogP contribution is -2.23. The Balaban J connectivity index is 1.80.